The van der Waals surface area contributed by atoms with Crippen LogP contribution in [-0.4, -0.2) is 39.8 Å². The van der Waals surface area contributed by atoms with Crippen molar-refractivity contribution in [2.45, 2.75) is 60.9 Å². The van der Waals surface area contributed by atoms with Crippen molar-refractivity contribution in [3.8, 4) is 5.75 Å². The Morgan fingerprint density at radius 2 is 1.91 bits per heavy atom. The van der Waals surface area contributed by atoms with Gasteiger partial charge in [0.1, 0.15) is 5.56 Å². The molecule has 1 unspecified atom stereocenters. The van der Waals surface area contributed by atoms with E-state index < -0.39 is 22.8 Å². The maximum atomic E-state index is 12.2. The minimum absolute atomic E-state index is 0.00457. The van der Waals surface area contributed by atoms with Gasteiger partial charge in [-0.2, -0.15) is 0 Å². The Bertz CT molecular complexity index is 1030. The van der Waals surface area contributed by atoms with E-state index >= 15 is 0 Å². The van der Waals surface area contributed by atoms with Crippen LogP contribution in [0.15, 0.2) is 29.3 Å². The van der Waals surface area contributed by atoms with E-state index in [2.05, 4.69) is 4.98 Å². The number of rotatable bonds is 8. The number of aromatic hydroxyl groups is 1. The number of aryl methyl sites for hydroxylation is 1. The minimum atomic E-state index is -0.708. The van der Waals surface area contributed by atoms with Crippen molar-refractivity contribution in [2.24, 2.45) is 5.41 Å². The molecule has 33 heavy (non-hydrogen) atoms. The average Bonchev–Trinajstić information content (AvgIpc) is 2.76. The van der Waals surface area contributed by atoms with Gasteiger partial charge in [0.2, 0.25) is 0 Å². The van der Waals surface area contributed by atoms with Crippen LogP contribution in [0, 0.1) is 12.3 Å². The Hall–Kier alpha value is -2.87. The monoisotopic (exact) mass is 480 g/mol. The highest BCUT2D eigenvalue weighted by molar-refractivity contribution is 6.30. The molecule has 0 aliphatic heterocycles. The van der Waals surface area contributed by atoms with Crippen LogP contribution in [0.25, 0.3) is 0 Å². The van der Waals surface area contributed by atoms with Crippen molar-refractivity contribution in [1.82, 2.24) is 9.55 Å². The Labute approximate surface area is 199 Å². The molecule has 1 atom stereocenters. The van der Waals surface area contributed by atoms with Crippen LogP contribution in [0.5, 0.6) is 5.75 Å². The number of hydrogen-bond donors (Lipinski definition) is 1. The van der Waals surface area contributed by atoms with Crippen molar-refractivity contribution in [2.75, 3.05) is 13.2 Å². The normalized spacial score (nSPS) is 11.8. The molecule has 0 bridgehead atoms. The zero-order chi connectivity index (χ0) is 25.3. The molecule has 2 rings (SSSR count). The summed E-state index contributed by atoms with van der Waals surface area (Å²) in [5, 5.41) is 10.0. The topological polar surface area (TPSA) is 108 Å². The summed E-state index contributed by atoms with van der Waals surface area (Å²) in [5.41, 5.74) is 0.190. The van der Waals surface area contributed by atoms with Crippen molar-refractivity contribution in [3.63, 3.8) is 0 Å². The van der Waals surface area contributed by atoms with Crippen LogP contribution in [0.1, 0.15) is 69.2 Å². The first kappa shape index (κ1) is 28.2. The van der Waals surface area contributed by atoms with Crippen molar-refractivity contribution in [3.05, 3.63) is 56.7 Å². The van der Waals surface area contributed by atoms with Gasteiger partial charge in [-0.3, -0.25) is 9.59 Å². The highest BCUT2D eigenvalue weighted by Gasteiger charge is 2.33. The largest absolute Gasteiger partial charge is 0.505 e. The Balaban J connectivity index is 0.00000265. The molecule has 8 nitrogen and oxygen atoms in total. The minimum Gasteiger partial charge on any atom is -0.505 e. The molecule has 0 fully saturated rings. The molecule has 0 radical (unpaired) electrons. The fraction of sp³-hybridized carbons (Fsp3) is 0.500. The van der Waals surface area contributed by atoms with Crippen LogP contribution >= 0.6 is 11.6 Å². The average molecular weight is 481 g/mol. The third-order valence-electron chi connectivity index (χ3n) is 5.01. The van der Waals surface area contributed by atoms with E-state index in [4.69, 9.17) is 21.1 Å². The zero-order valence-electron chi connectivity index (χ0n) is 20.3. The number of carbonyl (C=O) groups excluding carboxylic acids is 2. The second kappa shape index (κ2) is 12.4. The third-order valence-corrected chi connectivity index (χ3v) is 5.29. The lowest BCUT2D eigenvalue weighted by molar-refractivity contribution is -0.144. The maximum Gasteiger partial charge on any atom is 0.343 e. The summed E-state index contributed by atoms with van der Waals surface area (Å²) in [7, 11) is 0. The fourth-order valence-electron chi connectivity index (χ4n) is 3.24. The standard InChI is InChI=1S/C22H27ClN2O6.C2H6/c1-6-30-21(29)16-11-25(8-7-17(16)27)19(22(4,5)12-31-14(3)26)10-15-9-18(28)20(23)24-13(15)2;1-2/h7-9,11,19,28H,6,10,12H2,1-5H3;1-2H3. The first-order valence-electron chi connectivity index (χ1n) is 10.8. The first-order chi connectivity index (χ1) is 15.5. The van der Waals surface area contributed by atoms with E-state index in [-0.39, 0.29) is 35.7 Å². The van der Waals surface area contributed by atoms with Gasteiger partial charge in [-0.25, -0.2) is 9.78 Å². The van der Waals surface area contributed by atoms with Crippen molar-refractivity contribution >= 4 is 23.5 Å². The van der Waals surface area contributed by atoms with Crippen LogP contribution in [-0.2, 0) is 20.7 Å². The number of halogens is 1. The number of pyridine rings is 2. The van der Waals surface area contributed by atoms with Crippen LogP contribution in [0.3, 0.4) is 0 Å². The van der Waals surface area contributed by atoms with Crippen LogP contribution in [0.2, 0.25) is 5.15 Å². The van der Waals surface area contributed by atoms with Crippen LogP contribution < -0.4 is 5.43 Å². The molecule has 182 valence electrons. The molecule has 0 aliphatic carbocycles. The summed E-state index contributed by atoms with van der Waals surface area (Å²) >= 11 is 5.91. The van der Waals surface area contributed by atoms with Crippen LogP contribution in [0.4, 0.5) is 0 Å². The summed E-state index contributed by atoms with van der Waals surface area (Å²) in [6.45, 7) is 12.8. The number of aromatic nitrogens is 2. The molecule has 2 aromatic heterocycles. The molecule has 0 amide bonds. The lowest BCUT2D eigenvalue weighted by Crippen LogP contribution is -2.35. The summed E-state index contributed by atoms with van der Waals surface area (Å²) in [4.78, 5) is 40.0. The van der Waals surface area contributed by atoms with E-state index in [0.717, 1.165) is 5.56 Å². The molecule has 9 heteroatoms. The van der Waals surface area contributed by atoms with Gasteiger partial charge in [0.15, 0.2) is 16.3 Å². The number of esters is 2. The smallest absolute Gasteiger partial charge is 0.343 e. The van der Waals surface area contributed by atoms with E-state index in [1.807, 2.05) is 27.7 Å². The predicted octanol–water partition coefficient (Wildman–Crippen LogP) is 4.49. The van der Waals surface area contributed by atoms with Crippen molar-refractivity contribution in [1.29, 1.82) is 0 Å². The van der Waals surface area contributed by atoms with Gasteiger partial charge >= 0.3 is 11.9 Å². The maximum absolute atomic E-state index is 12.2. The lowest BCUT2D eigenvalue weighted by atomic mass is 9.81. The number of nitrogens with zero attached hydrogens (tertiary/aromatic N) is 2. The Morgan fingerprint density at radius 3 is 2.48 bits per heavy atom. The molecule has 0 saturated heterocycles. The van der Waals surface area contributed by atoms with Gasteiger partial charge in [-0.1, -0.05) is 39.3 Å². The second-order valence-corrected chi connectivity index (χ2v) is 8.28. The molecule has 0 spiro atoms. The number of hydrogen-bond acceptors (Lipinski definition) is 7. The van der Waals surface area contributed by atoms with Gasteiger partial charge in [-0.05, 0) is 31.9 Å². The molecular formula is C24H33ClN2O6. The molecular weight excluding hydrogens is 448 g/mol. The third kappa shape index (κ3) is 7.60. The molecule has 1 N–H and O–H groups in total. The molecule has 2 heterocycles. The molecule has 0 saturated carbocycles. The highest BCUT2D eigenvalue weighted by atomic mass is 35.5. The number of carbonyl (C=O) groups is 2. The summed E-state index contributed by atoms with van der Waals surface area (Å²) in [6, 6.07) is 2.46. The molecule has 0 aromatic carbocycles. The van der Waals surface area contributed by atoms with E-state index in [1.165, 1.54) is 25.3 Å². The van der Waals surface area contributed by atoms with E-state index in [1.54, 1.807) is 24.6 Å². The number of ether oxygens (including phenoxy) is 2. The van der Waals surface area contributed by atoms with Gasteiger partial charge in [-0.15, -0.1) is 0 Å². The lowest BCUT2D eigenvalue weighted by Gasteiger charge is -2.36. The van der Waals surface area contributed by atoms with Gasteiger partial charge < -0.3 is 19.1 Å². The summed E-state index contributed by atoms with van der Waals surface area (Å²) in [5.74, 6) is -1.27. The van der Waals surface area contributed by atoms with Crippen molar-refractivity contribution < 1.29 is 24.2 Å². The fourth-order valence-corrected chi connectivity index (χ4v) is 3.43. The zero-order valence-corrected chi connectivity index (χ0v) is 21.0. The predicted molar refractivity (Wildman–Crippen MR) is 127 cm³/mol. The second-order valence-electron chi connectivity index (χ2n) is 7.92. The first-order valence-corrected chi connectivity index (χ1v) is 11.2. The highest BCUT2D eigenvalue weighted by Crippen LogP contribution is 2.36. The molecule has 0 aliphatic rings. The quantitative estimate of drug-likeness (QED) is 0.438. The Kier molecular flexibility index (Phi) is 10.6. The summed E-state index contributed by atoms with van der Waals surface area (Å²) < 4.78 is 12.0. The van der Waals surface area contributed by atoms with Gasteiger partial charge in [0.05, 0.1) is 13.2 Å². The Morgan fingerprint density at radius 1 is 1.27 bits per heavy atom. The van der Waals surface area contributed by atoms with E-state index in [0.29, 0.717) is 12.1 Å². The van der Waals surface area contributed by atoms with Gasteiger partial charge in [0.25, 0.3) is 0 Å². The summed E-state index contributed by atoms with van der Waals surface area (Å²) in [6.07, 6.45) is 3.38. The SMILES string of the molecule is CC.CCOC(=O)c1cn(C(Cc2cc(O)c(Cl)nc2C)C(C)(C)COC(C)=O)ccc1=O. The molecule has 2 aromatic rings. The van der Waals surface area contributed by atoms with E-state index in [9.17, 15) is 19.5 Å². The van der Waals surface area contributed by atoms with Gasteiger partial charge in [0, 0.05) is 42.5 Å².